The number of aromatic nitrogens is 2. The minimum atomic E-state index is -0.298. The molecule has 3 rings (SSSR count). The summed E-state index contributed by atoms with van der Waals surface area (Å²) in [6.07, 6.45) is 3.14. The van der Waals surface area contributed by atoms with Crippen molar-refractivity contribution >= 4 is 45.7 Å². The van der Waals surface area contributed by atoms with Crippen LogP contribution in [0, 0.1) is 0 Å². The first-order valence-corrected chi connectivity index (χ1v) is 6.86. The van der Waals surface area contributed by atoms with Crippen molar-refractivity contribution in [3.63, 3.8) is 0 Å². The smallest absolute Gasteiger partial charge is 0.255 e. The Bertz CT molecular complexity index is 836. The second-order valence-corrected chi connectivity index (χ2v) is 5.17. The SMILES string of the molecule is O=C(Nc1cc(Cl)cc2cccnc12)c1ccnc(Cl)c1. The van der Waals surface area contributed by atoms with Crippen LogP contribution >= 0.6 is 23.2 Å². The first-order chi connectivity index (χ1) is 10.1. The number of amides is 1. The first kappa shape index (κ1) is 13.8. The lowest BCUT2D eigenvalue weighted by molar-refractivity contribution is 0.102. The molecule has 1 amide bonds. The summed E-state index contributed by atoms with van der Waals surface area (Å²) < 4.78 is 0. The molecule has 2 heterocycles. The van der Waals surface area contributed by atoms with Gasteiger partial charge in [0.15, 0.2) is 0 Å². The van der Waals surface area contributed by atoms with Crippen molar-refractivity contribution in [1.82, 2.24) is 9.97 Å². The van der Waals surface area contributed by atoms with Crippen molar-refractivity contribution in [3.05, 3.63) is 64.5 Å². The van der Waals surface area contributed by atoms with Gasteiger partial charge in [0.05, 0.1) is 11.2 Å². The molecule has 1 aromatic carbocycles. The number of rotatable bonds is 2. The molecule has 0 saturated heterocycles. The molecule has 0 aliphatic rings. The van der Waals surface area contributed by atoms with E-state index in [9.17, 15) is 4.79 Å². The number of pyridine rings is 2. The second-order valence-electron chi connectivity index (χ2n) is 4.35. The van der Waals surface area contributed by atoms with Crippen LogP contribution in [0.5, 0.6) is 0 Å². The normalized spacial score (nSPS) is 10.6. The maximum Gasteiger partial charge on any atom is 0.255 e. The number of benzene rings is 1. The number of nitrogens with one attached hydrogen (secondary N) is 1. The van der Waals surface area contributed by atoms with E-state index in [-0.39, 0.29) is 11.1 Å². The van der Waals surface area contributed by atoms with Crippen LogP contribution in [0.1, 0.15) is 10.4 Å². The zero-order valence-corrected chi connectivity index (χ0v) is 12.2. The molecule has 0 fully saturated rings. The zero-order chi connectivity index (χ0) is 14.8. The van der Waals surface area contributed by atoms with Crippen molar-refractivity contribution in [2.24, 2.45) is 0 Å². The average Bonchev–Trinajstić information content (AvgIpc) is 2.47. The van der Waals surface area contributed by atoms with Gasteiger partial charge in [0.1, 0.15) is 5.15 Å². The number of anilines is 1. The minimum absolute atomic E-state index is 0.261. The van der Waals surface area contributed by atoms with Crippen LogP contribution in [0.25, 0.3) is 10.9 Å². The summed E-state index contributed by atoms with van der Waals surface area (Å²) in [6, 6.07) is 10.2. The summed E-state index contributed by atoms with van der Waals surface area (Å²) in [4.78, 5) is 20.4. The largest absolute Gasteiger partial charge is 0.320 e. The van der Waals surface area contributed by atoms with Gasteiger partial charge in [0.25, 0.3) is 5.91 Å². The van der Waals surface area contributed by atoms with E-state index in [0.717, 1.165) is 5.39 Å². The molecule has 0 aliphatic carbocycles. The van der Waals surface area contributed by atoms with Crippen LogP contribution in [0.3, 0.4) is 0 Å². The molecular weight excluding hydrogens is 309 g/mol. The Morgan fingerprint density at radius 3 is 2.71 bits per heavy atom. The maximum absolute atomic E-state index is 12.3. The van der Waals surface area contributed by atoms with Gasteiger partial charge in [0, 0.05) is 28.4 Å². The van der Waals surface area contributed by atoms with Crippen LogP contribution in [0.4, 0.5) is 5.69 Å². The van der Waals surface area contributed by atoms with Crippen LogP contribution in [0.2, 0.25) is 10.2 Å². The Morgan fingerprint density at radius 1 is 1.05 bits per heavy atom. The van der Waals surface area contributed by atoms with E-state index in [1.165, 1.54) is 12.3 Å². The van der Waals surface area contributed by atoms with Gasteiger partial charge in [-0.3, -0.25) is 9.78 Å². The number of nitrogens with zero attached hydrogens (tertiary/aromatic N) is 2. The Labute approximate surface area is 130 Å². The highest BCUT2D eigenvalue weighted by atomic mass is 35.5. The third-order valence-electron chi connectivity index (χ3n) is 2.91. The van der Waals surface area contributed by atoms with Crippen LogP contribution in [-0.4, -0.2) is 15.9 Å². The van der Waals surface area contributed by atoms with Gasteiger partial charge in [-0.15, -0.1) is 0 Å². The molecule has 2 aromatic heterocycles. The number of hydrogen-bond donors (Lipinski definition) is 1. The Hall–Kier alpha value is -2.17. The number of hydrogen-bond acceptors (Lipinski definition) is 3. The molecular formula is C15H9Cl2N3O. The van der Waals surface area contributed by atoms with Crippen molar-refractivity contribution in [2.45, 2.75) is 0 Å². The Balaban J connectivity index is 2.00. The molecule has 0 bridgehead atoms. The van der Waals surface area contributed by atoms with Crippen LogP contribution in [-0.2, 0) is 0 Å². The summed E-state index contributed by atoms with van der Waals surface area (Å²) in [7, 11) is 0. The summed E-state index contributed by atoms with van der Waals surface area (Å²) in [5, 5.41) is 4.44. The summed E-state index contributed by atoms with van der Waals surface area (Å²) in [5.74, 6) is -0.298. The predicted octanol–water partition coefficient (Wildman–Crippen LogP) is 4.19. The summed E-state index contributed by atoms with van der Waals surface area (Å²) in [5.41, 5.74) is 1.64. The van der Waals surface area contributed by atoms with Crippen molar-refractivity contribution < 1.29 is 4.79 Å². The molecule has 0 aliphatic heterocycles. The van der Waals surface area contributed by atoms with E-state index in [2.05, 4.69) is 15.3 Å². The van der Waals surface area contributed by atoms with E-state index in [4.69, 9.17) is 23.2 Å². The van der Waals surface area contributed by atoms with Gasteiger partial charge in [-0.25, -0.2) is 4.98 Å². The van der Waals surface area contributed by atoms with Gasteiger partial charge < -0.3 is 5.32 Å². The Kier molecular flexibility index (Phi) is 3.73. The van der Waals surface area contributed by atoms with E-state index < -0.39 is 0 Å². The monoisotopic (exact) mass is 317 g/mol. The van der Waals surface area contributed by atoms with E-state index in [1.54, 1.807) is 24.4 Å². The predicted molar refractivity (Wildman–Crippen MR) is 84.0 cm³/mol. The molecule has 0 atom stereocenters. The van der Waals surface area contributed by atoms with Gasteiger partial charge in [0.2, 0.25) is 0 Å². The van der Waals surface area contributed by atoms with Crippen LogP contribution < -0.4 is 5.32 Å². The molecule has 6 heteroatoms. The number of carbonyl (C=O) groups excluding carboxylic acids is 1. The van der Waals surface area contributed by atoms with Crippen molar-refractivity contribution in [1.29, 1.82) is 0 Å². The molecule has 104 valence electrons. The lowest BCUT2D eigenvalue weighted by Crippen LogP contribution is -2.12. The fourth-order valence-corrected chi connectivity index (χ4v) is 2.39. The van der Waals surface area contributed by atoms with Crippen LogP contribution in [0.15, 0.2) is 48.8 Å². The molecule has 1 N–H and O–H groups in total. The van der Waals surface area contributed by atoms with E-state index in [0.29, 0.717) is 21.8 Å². The number of carbonyl (C=O) groups is 1. The summed E-state index contributed by atoms with van der Waals surface area (Å²) >= 11 is 11.9. The van der Waals surface area contributed by atoms with Gasteiger partial charge in [-0.05, 0) is 30.3 Å². The standard InChI is InChI=1S/C15H9Cl2N3O/c16-11-6-9-2-1-4-19-14(9)12(8-11)20-15(21)10-3-5-18-13(17)7-10/h1-8H,(H,20,21). The highest BCUT2D eigenvalue weighted by Crippen LogP contribution is 2.26. The fourth-order valence-electron chi connectivity index (χ4n) is 1.99. The van der Waals surface area contributed by atoms with Gasteiger partial charge >= 0.3 is 0 Å². The van der Waals surface area contributed by atoms with E-state index >= 15 is 0 Å². The van der Waals surface area contributed by atoms with Gasteiger partial charge in [-0.1, -0.05) is 29.3 Å². The molecule has 0 unspecified atom stereocenters. The quantitative estimate of drug-likeness (QED) is 0.721. The minimum Gasteiger partial charge on any atom is -0.320 e. The Morgan fingerprint density at radius 2 is 1.90 bits per heavy atom. The lowest BCUT2D eigenvalue weighted by atomic mass is 10.1. The topological polar surface area (TPSA) is 54.9 Å². The molecule has 0 saturated carbocycles. The number of halogens is 2. The third kappa shape index (κ3) is 2.96. The van der Waals surface area contributed by atoms with E-state index in [1.807, 2.05) is 12.1 Å². The number of fused-ring (bicyclic) bond motifs is 1. The maximum atomic E-state index is 12.3. The second kappa shape index (κ2) is 5.68. The van der Waals surface area contributed by atoms with Crippen molar-refractivity contribution in [2.75, 3.05) is 5.32 Å². The van der Waals surface area contributed by atoms with Gasteiger partial charge in [-0.2, -0.15) is 0 Å². The zero-order valence-electron chi connectivity index (χ0n) is 10.7. The first-order valence-electron chi connectivity index (χ1n) is 6.11. The fraction of sp³-hybridized carbons (Fsp3) is 0. The molecule has 21 heavy (non-hydrogen) atoms. The third-order valence-corrected chi connectivity index (χ3v) is 3.33. The molecule has 4 nitrogen and oxygen atoms in total. The van der Waals surface area contributed by atoms with Crippen molar-refractivity contribution in [3.8, 4) is 0 Å². The summed E-state index contributed by atoms with van der Waals surface area (Å²) in [6.45, 7) is 0. The molecule has 3 aromatic rings. The average molecular weight is 318 g/mol. The highest BCUT2D eigenvalue weighted by Gasteiger charge is 2.11. The lowest BCUT2D eigenvalue weighted by Gasteiger charge is -2.09. The molecule has 0 radical (unpaired) electrons. The molecule has 0 spiro atoms. The highest BCUT2D eigenvalue weighted by molar-refractivity contribution is 6.32.